The van der Waals surface area contributed by atoms with Crippen LogP contribution in [0.2, 0.25) is 0 Å². The van der Waals surface area contributed by atoms with Gasteiger partial charge in [0.2, 0.25) is 18.3 Å². The second kappa shape index (κ2) is 53.6. The number of likely N-dealkylation sites (tertiary alicyclic amines) is 3. The zero-order valence-corrected chi connectivity index (χ0v) is 78.3. The highest BCUT2D eigenvalue weighted by atomic mass is 19.1. The van der Waals surface area contributed by atoms with Gasteiger partial charge in [-0.25, -0.2) is 46.7 Å². The van der Waals surface area contributed by atoms with E-state index in [0.29, 0.717) is 34.5 Å². The number of aryl methyl sites for hydroxylation is 4. The first-order valence-corrected chi connectivity index (χ1v) is 44.8. The van der Waals surface area contributed by atoms with Crippen LogP contribution in [-0.4, -0.2) is 219 Å². The van der Waals surface area contributed by atoms with E-state index in [1.54, 1.807) is 119 Å². The Morgan fingerprint density at radius 1 is 0.314 bits per heavy atom. The van der Waals surface area contributed by atoms with Gasteiger partial charge in [0.1, 0.15) is 17.5 Å². The predicted molar refractivity (Wildman–Crippen MR) is 501 cm³/mol. The number of ether oxygens (including phenoxy) is 10. The van der Waals surface area contributed by atoms with Gasteiger partial charge in [-0.15, -0.1) is 0 Å². The van der Waals surface area contributed by atoms with E-state index < -0.39 is 90.5 Å². The van der Waals surface area contributed by atoms with Crippen molar-refractivity contribution in [3.8, 4) is 34.5 Å². The van der Waals surface area contributed by atoms with Gasteiger partial charge in [0.05, 0.1) is 89.2 Å². The number of para-hydroxylation sites is 3. The summed E-state index contributed by atoms with van der Waals surface area (Å²) in [5, 5.41) is 72.0. The monoisotopic (exact) mass is 1890 g/mol. The lowest BCUT2D eigenvalue weighted by Crippen LogP contribution is -2.51. The van der Waals surface area contributed by atoms with Crippen molar-refractivity contribution in [1.29, 1.82) is 0 Å². The number of piperidine rings is 3. The van der Waals surface area contributed by atoms with Crippen molar-refractivity contribution in [3.05, 3.63) is 320 Å². The van der Waals surface area contributed by atoms with Crippen molar-refractivity contribution in [2.24, 2.45) is 17.8 Å². The molecule has 7 atom stereocenters. The minimum absolute atomic E-state index is 0.00542. The zero-order chi connectivity index (χ0) is 99.4. The Kier molecular flexibility index (Phi) is 41.8. The van der Waals surface area contributed by atoms with Crippen LogP contribution in [0.15, 0.2) is 224 Å². The van der Waals surface area contributed by atoms with E-state index >= 15 is 0 Å². The third-order valence-electron chi connectivity index (χ3n) is 24.0. The van der Waals surface area contributed by atoms with Gasteiger partial charge in [0.15, 0.2) is 40.6 Å². The fourth-order valence-electron chi connectivity index (χ4n) is 15.9. The standard InChI is InChI=1S/3C22H28FNO3.2C20H18O8/c3*1-26-20-5-3-4-19(22(20)27-2)21(25)17-11-14-24(15-12-17)13-10-16-6-8-18(23)9-7-16;2*1-11-3-7-13(8-4-11)19(25)27-15(17(21)22)16(18(23)24)28-20(26)14-9-5-12(2)6-10-14/h3*3-9,17,21,25H,10-15H2,1-2H3;2*3-10,15-16H,1-2H3,(H,21,22)(H,23,24)/p-1/t3*21-;2*15-,16+/m110../s1. The van der Waals surface area contributed by atoms with Crippen LogP contribution in [0, 0.1) is 62.9 Å². The normalized spacial score (nSPS) is 15.1. The van der Waals surface area contributed by atoms with Crippen molar-refractivity contribution in [3.63, 3.8) is 0 Å². The van der Waals surface area contributed by atoms with E-state index in [-0.39, 0.29) is 57.5 Å². The van der Waals surface area contributed by atoms with Crippen molar-refractivity contribution >= 4 is 47.8 Å². The third-order valence-corrected chi connectivity index (χ3v) is 24.0. The number of esters is 4. The summed E-state index contributed by atoms with van der Waals surface area (Å²) in [6, 6.07) is 61.1. The molecule has 0 unspecified atom stereocenters. The highest BCUT2D eigenvalue weighted by Crippen LogP contribution is 2.44. The highest BCUT2D eigenvalue weighted by molar-refractivity contribution is 5.97. The number of carboxylic acids is 4. The second-order valence-corrected chi connectivity index (χ2v) is 33.4. The molecule has 3 saturated heterocycles. The van der Waals surface area contributed by atoms with Gasteiger partial charge in [-0.05, 0) is 262 Å². The Morgan fingerprint density at radius 2 is 0.526 bits per heavy atom. The van der Waals surface area contributed by atoms with Gasteiger partial charge < -0.3 is 103 Å². The summed E-state index contributed by atoms with van der Waals surface area (Å²) in [5.74, 6) is -7.79. The third kappa shape index (κ3) is 32.0. The number of methoxy groups -OCH3 is 6. The van der Waals surface area contributed by atoms with Gasteiger partial charge in [0.25, 0.3) is 0 Å². The van der Waals surface area contributed by atoms with Gasteiger partial charge in [0, 0.05) is 36.3 Å². The molecule has 137 heavy (non-hydrogen) atoms. The van der Waals surface area contributed by atoms with Crippen molar-refractivity contribution < 1.29 is 135 Å². The van der Waals surface area contributed by atoms with Crippen molar-refractivity contribution in [2.75, 3.05) is 102 Å². The lowest BCUT2D eigenvalue weighted by molar-refractivity contribution is -0.317. The second-order valence-electron chi connectivity index (χ2n) is 33.4. The van der Waals surface area contributed by atoms with Crippen LogP contribution in [0.4, 0.5) is 13.2 Å². The van der Waals surface area contributed by atoms with Gasteiger partial charge in [-0.2, -0.15) is 0 Å². The first kappa shape index (κ1) is 107. The number of benzene rings is 10. The van der Waals surface area contributed by atoms with E-state index in [9.17, 15) is 87.3 Å². The number of rotatable bonds is 35. The molecule has 3 heterocycles. The summed E-state index contributed by atoms with van der Waals surface area (Å²) in [5.41, 5.74) is 9.35. The first-order chi connectivity index (χ1) is 65.7. The SMILES string of the molecule is COc1cccc([C@@H](O)C2CCN(CCc3ccc(F)cc3)CC2)c1OC.COc1cccc([C@H](O)C2CCN(CCc3ccc(F)cc3)CC2)c1OC.COc1cccc([C@H](O)C2CCN(CCc3ccc(F)cc3)CC2)c1OC.Cc1ccc(C(=O)O[C@H](C(=O)O)[C@@H](OC(=O)c2ccc(C)cc2)C(=O)O)cc1.Cc1ccc(C(=O)O[C@H](C(=O)O)[C@@H](OC(=O)c2ccc(C)cc2)C(=O)[O-])cc1. The van der Waals surface area contributed by atoms with Gasteiger partial charge >= 0.3 is 41.8 Å². The number of hydrogen-bond donors (Lipinski definition) is 6. The Bertz CT molecular complexity index is 4930. The number of nitrogens with zero attached hydrogens (tertiary/aromatic N) is 3. The molecule has 3 aliphatic heterocycles. The molecule has 28 nitrogen and oxygen atoms in total. The highest BCUT2D eigenvalue weighted by Gasteiger charge is 2.42. The quantitative estimate of drug-likeness (QED) is 0.0159. The summed E-state index contributed by atoms with van der Waals surface area (Å²) in [7, 11) is 9.62. The van der Waals surface area contributed by atoms with E-state index in [1.165, 1.54) is 84.9 Å². The maximum Gasteiger partial charge on any atom is 0.349 e. The zero-order valence-electron chi connectivity index (χ0n) is 78.3. The van der Waals surface area contributed by atoms with E-state index in [4.69, 9.17) is 47.4 Å². The molecule has 0 aromatic heterocycles. The number of halogens is 3. The summed E-state index contributed by atoms with van der Waals surface area (Å²) < 4.78 is 90.6. The Morgan fingerprint density at radius 3 is 0.723 bits per heavy atom. The molecule has 0 amide bonds. The molecule has 10 aromatic rings. The fourth-order valence-corrected chi connectivity index (χ4v) is 15.9. The smallest absolute Gasteiger partial charge is 0.349 e. The van der Waals surface area contributed by atoms with Crippen LogP contribution in [0.1, 0.15) is 154 Å². The minimum Gasteiger partial charge on any atom is -0.546 e. The molecule has 13 rings (SSSR count). The number of aliphatic hydroxyl groups excluding tert-OH is 3. The van der Waals surface area contributed by atoms with Crippen LogP contribution in [0.5, 0.6) is 34.5 Å². The average molecular weight is 1890 g/mol. The van der Waals surface area contributed by atoms with Gasteiger partial charge in [-0.1, -0.05) is 144 Å². The number of hydrogen-bond acceptors (Lipinski definition) is 25. The molecule has 0 aliphatic carbocycles. The largest absolute Gasteiger partial charge is 0.546 e. The average Bonchev–Trinajstić information content (AvgIpc) is 0.816. The summed E-state index contributed by atoms with van der Waals surface area (Å²) in [6.07, 6.45) is -2.39. The maximum atomic E-state index is 13.0. The van der Waals surface area contributed by atoms with E-state index in [0.717, 1.165) is 172 Å². The number of carbonyl (C=O) groups excluding carboxylic acids is 5. The molecule has 0 bridgehead atoms. The molecule has 6 N–H and O–H groups in total. The number of carbonyl (C=O) groups is 8. The molecule has 3 aliphatic rings. The first-order valence-electron chi connectivity index (χ1n) is 44.8. The molecule has 0 saturated carbocycles. The van der Waals surface area contributed by atoms with E-state index in [2.05, 4.69) is 14.7 Å². The topological polar surface area (TPSA) is 383 Å². The number of carboxylic acid groups (broad SMARTS) is 4. The molecule has 0 radical (unpaired) electrons. The molecule has 10 aromatic carbocycles. The lowest BCUT2D eigenvalue weighted by atomic mass is 9.87. The minimum atomic E-state index is -2.33. The van der Waals surface area contributed by atoms with Crippen molar-refractivity contribution in [1.82, 2.24) is 14.7 Å². The summed E-state index contributed by atoms with van der Waals surface area (Å²) in [6.45, 7) is 15.7. The number of aliphatic carboxylic acids is 4. The van der Waals surface area contributed by atoms with Crippen molar-refractivity contribution in [2.45, 2.75) is 128 Å². The van der Waals surface area contributed by atoms with Gasteiger partial charge in [-0.3, -0.25) is 0 Å². The molecular weight excluding hydrogens is 1770 g/mol. The van der Waals surface area contributed by atoms with Crippen LogP contribution < -0.4 is 33.5 Å². The fraction of sp³-hybridized carbons (Fsp3) is 0.358. The number of aliphatic hydroxyl groups is 3. The molecule has 730 valence electrons. The van der Waals surface area contributed by atoms with Crippen LogP contribution >= 0.6 is 0 Å². The summed E-state index contributed by atoms with van der Waals surface area (Å²) >= 11 is 0. The Balaban J connectivity index is 0.000000192. The Hall–Kier alpha value is -13.7. The predicted octanol–water partition coefficient (Wildman–Crippen LogP) is 14.6. The van der Waals surface area contributed by atoms with Crippen LogP contribution in [-0.2, 0) is 57.4 Å². The molecule has 31 heteroatoms. The molecular formula is C106H119F3N3O25-. The lowest BCUT2D eigenvalue weighted by Gasteiger charge is -2.34. The van der Waals surface area contributed by atoms with Crippen LogP contribution in [0.3, 0.4) is 0 Å². The molecule has 0 spiro atoms. The Labute approximate surface area is 795 Å². The molecule has 3 fully saturated rings. The van der Waals surface area contributed by atoms with Crippen LogP contribution in [0.25, 0.3) is 0 Å². The maximum absolute atomic E-state index is 13.0. The van der Waals surface area contributed by atoms with E-state index in [1.807, 2.05) is 91.0 Å². The summed E-state index contributed by atoms with van der Waals surface area (Å²) in [4.78, 5) is 102.